The van der Waals surface area contributed by atoms with Crippen LogP contribution in [0.25, 0.3) is 0 Å². The molecule has 1 aliphatic rings. The van der Waals surface area contributed by atoms with E-state index in [4.69, 9.17) is 13.9 Å². The summed E-state index contributed by atoms with van der Waals surface area (Å²) < 4.78 is 16.4. The van der Waals surface area contributed by atoms with Gasteiger partial charge in [0.05, 0.1) is 19.0 Å². The molecule has 2 N–H and O–H groups in total. The predicted molar refractivity (Wildman–Crippen MR) is 94.3 cm³/mol. The van der Waals surface area contributed by atoms with Crippen molar-refractivity contribution in [1.82, 2.24) is 5.32 Å². The second-order valence-corrected chi connectivity index (χ2v) is 6.08. The van der Waals surface area contributed by atoms with Crippen molar-refractivity contribution in [3.8, 4) is 0 Å². The Balaban J connectivity index is 1.38. The SMILES string of the molecule is O=C(NCC[C@@H]1CCCO1)Nc1cccc(COCc2ccco2)c1. The molecular formula is C19H24N2O4. The van der Waals surface area contributed by atoms with E-state index in [9.17, 15) is 4.79 Å². The minimum absolute atomic E-state index is 0.202. The Morgan fingerprint density at radius 1 is 1.24 bits per heavy atom. The maximum absolute atomic E-state index is 12.0. The standard InChI is InChI=1S/C19H24N2O4/c22-19(20-9-8-17-6-2-10-24-17)21-16-5-1-4-15(12-16)13-23-14-18-7-3-11-25-18/h1,3-5,7,11-12,17H,2,6,8-10,13-14H2,(H2,20,21,22)/t17-/m0/s1. The number of anilines is 1. The highest BCUT2D eigenvalue weighted by molar-refractivity contribution is 5.89. The fourth-order valence-corrected chi connectivity index (χ4v) is 2.80. The number of furan rings is 1. The Labute approximate surface area is 147 Å². The Morgan fingerprint density at radius 3 is 3.00 bits per heavy atom. The van der Waals surface area contributed by atoms with Crippen molar-refractivity contribution in [2.24, 2.45) is 0 Å². The average Bonchev–Trinajstić information content (AvgIpc) is 3.29. The summed E-state index contributed by atoms with van der Waals surface area (Å²) >= 11 is 0. The molecule has 6 nitrogen and oxygen atoms in total. The van der Waals surface area contributed by atoms with Crippen LogP contribution in [0.4, 0.5) is 10.5 Å². The first kappa shape index (κ1) is 17.5. The zero-order valence-electron chi connectivity index (χ0n) is 14.2. The number of amides is 2. The van der Waals surface area contributed by atoms with Crippen molar-refractivity contribution in [3.05, 3.63) is 54.0 Å². The Morgan fingerprint density at radius 2 is 2.20 bits per heavy atom. The summed E-state index contributed by atoms with van der Waals surface area (Å²) in [6, 6.07) is 11.1. The molecule has 134 valence electrons. The fraction of sp³-hybridized carbons (Fsp3) is 0.421. The third-order valence-electron chi connectivity index (χ3n) is 4.05. The summed E-state index contributed by atoms with van der Waals surface area (Å²) in [6.45, 7) is 2.33. The van der Waals surface area contributed by atoms with Crippen molar-refractivity contribution in [3.63, 3.8) is 0 Å². The van der Waals surface area contributed by atoms with Gasteiger partial charge in [-0.2, -0.15) is 0 Å². The third kappa shape index (κ3) is 5.92. The molecule has 1 saturated heterocycles. The van der Waals surface area contributed by atoms with E-state index in [1.54, 1.807) is 6.26 Å². The van der Waals surface area contributed by atoms with Gasteiger partial charge < -0.3 is 24.5 Å². The summed E-state index contributed by atoms with van der Waals surface area (Å²) in [7, 11) is 0. The van der Waals surface area contributed by atoms with Crippen LogP contribution in [-0.4, -0.2) is 25.3 Å². The monoisotopic (exact) mass is 344 g/mol. The van der Waals surface area contributed by atoms with Crippen LogP contribution in [-0.2, 0) is 22.7 Å². The van der Waals surface area contributed by atoms with Crippen molar-refractivity contribution >= 4 is 11.7 Å². The van der Waals surface area contributed by atoms with Gasteiger partial charge in [-0.25, -0.2) is 4.79 Å². The number of ether oxygens (including phenoxy) is 2. The second-order valence-electron chi connectivity index (χ2n) is 6.08. The Kier molecular flexibility index (Phi) is 6.48. The molecule has 1 aromatic carbocycles. The average molecular weight is 344 g/mol. The van der Waals surface area contributed by atoms with Crippen LogP contribution < -0.4 is 10.6 Å². The zero-order chi connectivity index (χ0) is 17.3. The molecule has 0 saturated carbocycles. The van der Waals surface area contributed by atoms with Crippen LogP contribution in [0.15, 0.2) is 47.1 Å². The van der Waals surface area contributed by atoms with Crippen molar-refractivity contribution < 1.29 is 18.7 Å². The smallest absolute Gasteiger partial charge is 0.319 e. The summed E-state index contributed by atoms with van der Waals surface area (Å²) in [6.07, 6.45) is 4.97. The highest BCUT2D eigenvalue weighted by Gasteiger charge is 2.15. The minimum atomic E-state index is -0.202. The Bertz CT molecular complexity index is 651. The number of nitrogens with one attached hydrogen (secondary N) is 2. The molecule has 2 aromatic rings. The van der Waals surface area contributed by atoms with E-state index in [2.05, 4.69) is 10.6 Å². The number of urea groups is 1. The fourth-order valence-electron chi connectivity index (χ4n) is 2.80. The van der Waals surface area contributed by atoms with E-state index in [1.807, 2.05) is 36.4 Å². The molecule has 25 heavy (non-hydrogen) atoms. The summed E-state index contributed by atoms with van der Waals surface area (Å²) in [4.78, 5) is 12.0. The summed E-state index contributed by atoms with van der Waals surface area (Å²) in [5.41, 5.74) is 1.73. The molecule has 0 spiro atoms. The van der Waals surface area contributed by atoms with Crippen LogP contribution >= 0.6 is 0 Å². The van der Waals surface area contributed by atoms with E-state index < -0.39 is 0 Å². The van der Waals surface area contributed by atoms with Crippen molar-refractivity contribution in [2.75, 3.05) is 18.5 Å². The van der Waals surface area contributed by atoms with E-state index in [1.165, 1.54) is 0 Å². The van der Waals surface area contributed by atoms with Crippen LogP contribution in [0.2, 0.25) is 0 Å². The summed E-state index contributed by atoms with van der Waals surface area (Å²) in [5, 5.41) is 5.71. The lowest BCUT2D eigenvalue weighted by Crippen LogP contribution is -2.31. The molecule has 1 aliphatic heterocycles. The van der Waals surface area contributed by atoms with E-state index >= 15 is 0 Å². The molecule has 3 rings (SSSR count). The van der Waals surface area contributed by atoms with Gasteiger partial charge in [-0.15, -0.1) is 0 Å². The van der Waals surface area contributed by atoms with Gasteiger partial charge in [-0.3, -0.25) is 0 Å². The second kappa shape index (κ2) is 9.25. The molecule has 0 radical (unpaired) electrons. The predicted octanol–water partition coefficient (Wildman–Crippen LogP) is 3.69. The lowest BCUT2D eigenvalue weighted by atomic mass is 10.2. The molecule has 6 heteroatoms. The van der Waals surface area contributed by atoms with E-state index in [0.717, 1.165) is 42.9 Å². The Hall–Kier alpha value is -2.31. The van der Waals surface area contributed by atoms with E-state index in [0.29, 0.717) is 19.8 Å². The molecule has 2 amide bonds. The van der Waals surface area contributed by atoms with Gasteiger partial charge in [0.25, 0.3) is 0 Å². The molecule has 1 atom stereocenters. The molecule has 0 bridgehead atoms. The van der Waals surface area contributed by atoms with Gasteiger partial charge in [-0.05, 0) is 49.1 Å². The lowest BCUT2D eigenvalue weighted by molar-refractivity contribution is 0.0930. The normalized spacial score (nSPS) is 16.7. The van der Waals surface area contributed by atoms with Crippen molar-refractivity contribution in [1.29, 1.82) is 0 Å². The van der Waals surface area contributed by atoms with Crippen LogP contribution in [0.5, 0.6) is 0 Å². The minimum Gasteiger partial charge on any atom is -0.467 e. The zero-order valence-corrected chi connectivity index (χ0v) is 14.2. The van der Waals surface area contributed by atoms with Crippen LogP contribution in [0.3, 0.4) is 0 Å². The van der Waals surface area contributed by atoms with E-state index in [-0.39, 0.29) is 12.1 Å². The highest BCUT2D eigenvalue weighted by Crippen LogP contribution is 2.15. The van der Waals surface area contributed by atoms with Crippen LogP contribution in [0.1, 0.15) is 30.6 Å². The van der Waals surface area contributed by atoms with Gasteiger partial charge in [0.15, 0.2) is 0 Å². The maximum atomic E-state index is 12.0. The number of carbonyl (C=O) groups excluding carboxylic acids is 1. The maximum Gasteiger partial charge on any atom is 0.319 e. The van der Waals surface area contributed by atoms with Gasteiger partial charge in [0, 0.05) is 18.8 Å². The van der Waals surface area contributed by atoms with Gasteiger partial charge in [0.2, 0.25) is 0 Å². The number of hydrogen-bond acceptors (Lipinski definition) is 4. The summed E-state index contributed by atoms with van der Waals surface area (Å²) in [5.74, 6) is 0.792. The molecule has 0 unspecified atom stereocenters. The molecule has 1 aromatic heterocycles. The third-order valence-corrected chi connectivity index (χ3v) is 4.05. The quantitative estimate of drug-likeness (QED) is 0.766. The first-order chi connectivity index (χ1) is 12.3. The van der Waals surface area contributed by atoms with Crippen LogP contribution in [0, 0.1) is 0 Å². The van der Waals surface area contributed by atoms with Gasteiger partial charge in [-0.1, -0.05) is 12.1 Å². The molecule has 2 heterocycles. The number of benzene rings is 1. The van der Waals surface area contributed by atoms with Gasteiger partial charge in [0.1, 0.15) is 12.4 Å². The largest absolute Gasteiger partial charge is 0.467 e. The lowest BCUT2D eigenvalue weighted by Gasteiger charge is -2.11. The first-order valence-electron chi connectivity index (χ1n) is 8.65. The number of rotatable bonds is 8. The topological polar surface area (TPSA) is 72.7 Å². The molecule has 0 aliphatic carbocycles. The van der Waals surface area contributed by atoms with Gasteiger partial charge >= 0.3 is 6.03 Å². The molecule has 1 fully saturated rings. The molecular weight excluding hydrogens is 320 g/mol. The van der Waals surface area contributed by atoms with Crippen molar-refractivity contribution in [2.45, 2.75) is 38.6 Å². The number of carbonyl (C=O) groups is 1. The first-order valence-corrected chi connectivity index (χ1v) is 8.65. The number of hydrogen-bond donors (Lipinski definition) is 2. The highest BCUT2D eigenvalue weighted by atomic mass is 16.5.